The van der Waals surface area contributed by atoms with Crippen LogP contribution < -0.4 is 0 Å². The normalized spacial score (nSPS) is 13.8. The Bertz CT molecular complexity index is 461. The summed E-state index contributed by atoms with van der Waals surface area (Å²) in [6.45, 7) is 1.43. The molecule has 0 N–H and O–H groups in total. The molecule has 0 spiro atoms. The van der Waals surface area contributed by atoms with E-state index in [1.54, 1.807) is 0 Å². The smallest absolute Gasteiger partial charge is 0.157 e. The second-order valence-corrected chi connectivity index (χ2v) is 8.23. The first-order chi connectivity index (χ1) is 6.80. The Hall–Kier alpha value is -0.200. The van der Waals surface area contributed by atoms with E-state index in [1.807, 2.05) is 12.1 Å². The molecule has 0 saturated heterocycles. The molecule has 1 unspecified atom stereocenters. The zero-order valence-corrected chi connectivity index (χ0v) is 11.6. The molecular formula is C9H11BrO3S2. The highest BCUT2D eigenvalue weighted by molar-refractivity contribution is 9.11. The third-order valence-electron chi connectivity index (χ3n) is 2.07. The summed E-state index contributed by atoms with van der Waals surface area (Å²) in [6.07, 6.45) is 1.27. The van der Waals surface area contributed by atoms with E-state index in [4.69, 9.17) is 0 Å². The minimum absolute atomic E-state index is 0.185. The van der Waals surface area contributed by atoms with Crippen LogP contribution in [-0.2, 0) is 21.1 Å². The Morgan fingerprint density at radius 2 is 2.13 bits per heavy atom. The summed E-state index contributed by atoms with van der Waals surface area (Å²) in [5, 5.41) is -0.918. The number of rotatable bonds is 4. The fourth-order valence-corrected chi connectivity index (χ4v) is 3.05. The molecule has 84 valence electrons. The Balaban J connectivity index is 2.72. The van der Waals surface area contributed by atoms with Crippen LogP contribution >= 0.6 is 27.3 Å². The van der Waals surface area contributed by atoms with Crippen LogP contribution in [0.5, 0.6) is 0 Å². The lowest BCUT2D eigenvalue weighted by molar-refractivity contribution is -0.117. The van der Waals surface area contributed by atoms with Crippen LogP contribution in [0.15, 0.2) is 15.9 Å². The first-order valence-electron chi connectivity index (χ1n) is 4.26. The first-order valence-corrected chi connectivity index (χ1v) is 7.83. The Kier molecular flexibility index (Phi) is 4.08. The Labute approximate surface area is 102 Å². The molecule has 0 radical (unpaired) electrons. The van der Waals surface area contributed by atoms with Gasteiger partial charge in [-0.15, -0.1) is 11.3 Å². The number of ketones is 1. The van der Waals surface area contributed by atoms with E-state index in [-0.39, 0.29) is 12.2 Å². The van der Waals surface area contributed by atoms with Gasteiger partial charge in [0.25, 0.3) is 0 Å². The predicted octanol–water partition coefficient (Wildman–Crippen LogP) is 2.06. The summed E-state index contributed by atoms with van der Waals surface area (Å²) in [7, 11) is -3.27. The molecule has 1 atom stereocenters. The van der Waals surface area contributed by atoms with Gasteiger partial charge in [-0.05, 0) is 35.0 Å². The van der Waals surface area contributed by atoms with Gasteiger partial charge in [-0.2, -0.15) is 0 Å². The van der Waals surface area contributed by atoms with Gasteiger partial charge in [0, 0.05) is 17.6 Å². The van der Waals surface area contributed by atoms with Crippen LogP contribution in [0.1, 0.15) is 11.8 Å². The number of thiophene rings is 1. The summed E-state index contributed by atoms with van der Waals surface area (Å²) < 4.78 is 23.2. The number of sulfone groups is 1. The molecule has 0 saturated carbocycles. The quantitative estimate of drug-likeness (QED) is 0.855. The maximum atomic E-state index is 11.6. The molecule has 0 aliphatic carbocycles. The van der Waals surface area contributed by atoms with Gasteiger partial charge < -0.3 is 0 Å². The van der Waals surface area contributed by atoms with Gasteiger partial charge in [0.2, 0.25) is 0 Å². The van der Waals surface area contributed by atoms with Crippen molar-refractivity contribution in [2.45, 2.75) is 18.6 Å². The van der Waals surface area contributed by atoms with E-state index in [2.05, 4.69) is 15.9 Å². The summed E-state index contributed by atoms with van der Waals surface area (Å²) in [5.74, 6) is -0.258. The van der Waals surface area contributed by atoms with Gasteiger partial charge in [0.05, 0.1) is 3.79 Å². The van der Waals surface area contributed by atoms with E-state index in [0.717, 1.165) is 14.9 Å². The van der Waals surface area contributed by atoms with Gasteiger partial charge in [-0.25, -0.2) is 8.42 Å². The second kappa shape index (κ2) is 4.76. The Morgan fingerprint density at radius 1 is 1.53 bits per heavy atom. The van der Waals surface area contributed by atoms with E-state index in [0.29, 0.717) is 0 Å². The summed E-state index contributed by atoms with van der Waals surface area (Å²) in [5.41, 5.74) is 0. The largest absolute Gasteiger partial charge is 0.298 e. The zero-order valence-electron chi connectivity index (χ0n) is 8.36. The standard InChI is InChI=1S/C9H11BrO3S2/c1-6(15(2,12)13)8(11)5-7-3-4-9(10)14-7/h3-4,6H,5H2,1-2H3. The van der Waals surface area contributed by atoms with Crippen LogP contribution in [0, 0.1) is 0 Å². The number of hydrogen-bond acceptors (Lipinski definition) is 4. The van der Waals surface area contributed by atoms with Gasteiger partial charge in [0.1, 0.15) is 5.25 Å². The van der Waals surface area contributed by atoms with Crippen molar-refractivity contribution in [3.8, 4) is 0 Å². The molecule has 6 heteroatoms. The summed E-state index contributed by atoms with van der Waals surface area (Å²) in [4.78, 5) is 12.5. The van der Waals surface area contributed by atoms with Crippen molar-refractivity contribution in [3.63, 3.8) is 0 Å². The highest BCUT2D eigenvalue weighted by Gasteiger charge is 2.23. The lowest BCUT2D eigenvalue weighted by Crippen LogP contribution is -2.27. The molecule has 1 heterocycles. The number of carbonyl (C=O) groups is 1. The van der Waals surface area contributed by atoms with Crippen LogP contribution in [0.4, 0.5) is 0 Å². The molecule has 0 aromatic carbocycles. The van der Waals surface area contributed by atoms with Crippen molar-refractivity contribution in [2.75, 3.05) is 6.26 Å². The monoisotopic (exact) mass is 310 g/mol. The third kappa shape index (κ3) is 3.70. The van der Waals surface area contributed by atoms with Crippen molar-refractivity contribution in [2.24, 2.45) is 0 Å². The molecule has 0 aliphatic rings. The van der Waals surface area contributed by atoms with Crippen LogP contribution in [0.25, 0.3) is 0 Å². The van der Waals surface area contributed by atoms with Crippen molar-refractivity contribution in [3.05, 3.63) is 20.8 Å². The molecule has 0 aliphatic heterocycles. The highest BCUT2D eigenvalue weighted by atomic mass is 79.9. The third-order valence-corrected chi connectivity index (χ3v) is 5.24. The molecular weight excluding hydrogens is 300 g/mol. The minimum atomic E-state index is -3.27. The van der Waals surface area contributed by atoms with Crippen molar-refractivity contribution in [1.82, 2.24) is 0 Å². The number of Topliss-reactive ketones (excluding diaryl/α,β-unsaturated/α-hetero) is 1. The van der Waals surface area contributed by atoms with Gasteiger partial charge in [-0.1, -0.05) is 0 Å². The molecule has 1 rings (SSSR count). The maximum Gasteiger partial charge on any atom is 0.157 e. The average molecular weight is 311 g/mol. The first kappa shape index (κ1) is 12.9. The molecule has 0 amide bonds. The van der Waals surface area contributed by atoms with E-state index in [1.165, 1.54) is 18.3 Å². The SMILES string of the molecule is CC(C(=O)Cc1ccc(Br)s1)S(C)(=O)=O. The minimum Gasteiger partial charge on any atom is -0.298 e. The van der Waals surface area contributed by atoms with Crippen molar-refractivity contribution >= 4 is 42.9 Å². The zero-order chi connectivity index (χ0) is 11.6. The molecule has 1 aromatic rings. The average Bonchev–Trinajstić information content (AvgIpc) is 2.48. The van der Waals surface area contributed by atoms with Crippen LogP contribution in [-0.4, -0.2) is 25.7 Å². The summed E-state index contributed by atoms with van der Waals surface area (Å²) in [6, 6.07) is 3.67. The van der Waals surface area contributed by atoms with E-state index < -0.39 is 15.1 Å². The number of carbonyl (C=O) groups excluding carboxylic acids is 1. The van der Waals surface area contributed by atoms with E-state index in [9.17, 15) is 13.2 Å². The Morgan fingerprint density at radius 3 is 2.53 bits per heavy atom. The molecule has 15 heavy (non-hydrogen) atoms. The molecule has 0 fully saturated rings. The van der Waals surface area contributed by atoms with Crippen LogP contribution in [0.3, 0.4) is 0 Å². The lowest BCUT2D eigenvalue weighted by Gasteiger charge is -2.06. The predicted molar refractivity (Wildman–Crippen MR) is 65.0 cm³/mol. The maximum absolute atomic E-state index is 11.6. The number of hydrogen-bond donors (Lipinski definition) is 0. The second-order valence-electron chi connectivity index (χ2n) is 3.32. The van der Waals surface area contributed by atoms with Gasteiger partial charge in [-0.3, -0.25) is 4.79 Å². The van der Waals surface area contributed by atoms with Gasteiger partial charge in [0.15, 0.2) is 15.6 Å². The lowest BCUT2D eigenvalue weighted by atomic mass is 10.2. The molecule has 3 nitrogen and oxygen atoms in total. The number of halogens is 1. The summed E-state index contributed by atoms with van der Waals surface area (Å²) >= 11 is 4.73. The van der Waals surface area contributed by atoms with Gasteiger partial charge >= 0.3 is 0 Å². The fourth-order valence-electron chi connectivity index (χ4n) is 1.00. The fraction of sp³-hybridized carbons (Fsp3) is 0.444. The van der Waals surface area contributed by atoms with Crippen molar-refractivity contribution < 1.29 is 13.2 Å². The van der Waals surface area contributed by atoms with Crippen molar-refractivity contribution in [1.29, 1.82) is 0 Å². The van der Waals surface area contributed by atoms with E-state index >= 15 is 0 Å². The molecule has 1 aromatic heterocycles. The highest BCUT2D eigenvalue weighted by Crippen LogP contribution is 2.23. The molecule has 0 bridgehead atoms. The topological polar surface area (TPSA) is 51.2 Å². The van der Waals surface area contributed by atoms with Crippen LogP contribution in [0.2, 0.25) is 0 Å².